The monoisotopic (exact) mass is 208 g/mol. The number of ether oxygens (including phenoxy) is 2. The summed E-state index contributed by atoms with van der Waals surface area (Å²) < 4.78 is 15.7. The normalized spacial score (nSPS) is 14.5. The second kappa shape index (κ2) is 6.22. The minimum Gasteiger partial charge on any atom is -0.472 e. The van der Waals surface area contributed by atoms with Crippen LogP contribution in [0, 0.1) is 0 Å². The molecule has 1 rings (SSSR count). The fraction of sp³-hybridized carbons (Fsp3) is 0.333. The van der Waals surface area contributed by atoms with Crippen molar-refractivity contribution in [1.29, 1.82) is 0 Å². The smallest absolute Gasteiger partial charge is 0.177 e. The molecule has 3 heteroatoms. The molecule has 0 saturated carbocycles. The number of hydrogen-bond acceptors (Lipinski definition) is 3. The second-order valence-electron chi connectivity index (χ2n) is 3.05. The van der Waals surface area contributed by atoms with Gasteiger partial charge < -0.3 is 13.9 Å². The predicted molar refractivity (Wildman–Crippen MR) is 58.3 cm³/mol. The van der Waals surface area contributed by atoms with Crippen LogP contribution in [0.1, 0.15) is 18.1 Å². The van der Waals surface area contributed by atoms with Crippen molar-refractivity contribution in [2.75, 3.05) is 7.11 Å². The predicted octanol–water partition coefficient (Wildman–Crippen LogP) is 3.07. The molecule has 0 aliphatic rings. The Hall–Kier alpha value is -1.32. The van der Waals surface area contributed by atoms with Gasteiger partial charge in [0, 0.05) is 12.7 Å². The van der Waals surface area contributed by atoms with Crippen molar-refractivity contribution in [3.8, 4) is 0 Å². The van der Waals surface area contributed by atoms with E-state index in [2.05, 4.69) is 13.2 Å². The summed E-state index contributed by atoms with van der Waals surface area (Å²) in [6.45, 7) is 7.32. The van der Waals surface area contributed by atoms with Gasteiger partial charge >= 0.3 is 0 Å². The third kappa shape index (κ3) is 3.38. The summed E-state index contributed by atoms with van der Waals surface area (Å²) in [6, 6.07) is 1.87. The van der Waals surface area contributed by atoms with Gasteiger partial charge in [-0.15, -0.1) is 6.58 Å². The Labute approximate surface area is 90.0 Å². The van der Waals surface area contributed by atoms with Crippen LogP contribution in [0.4, 0.5) is 0 Å². The second-order valence-corrected chi connectivity index (χ2v) is 3.05. The molecule has 0 spiro atoms. The Bertz CT molecular complexity index is 290. The molecule has 0 bridgehead atoms. The zero-order valence-corrected chi connectivity index (χ0v) is 8.89. The Morgan fingerprint density at radius 2 is 2.33 bits per heavy atom. The van der Waals surface area contributed by atoms with Crippen LogP contribution >= 0.6 is 0 Å². The van der Waals surface area contributed by atoms with Crippen molar-refractivity contribution in [2.24, 2.45) is 0 Å². The molecule has 15 heavy (non-hydrogen) atoms. The Morgan fingerprint density at radius 3 is 2.80 bits per heavy atom. The van der Waals surface area contributed by atoms with E-state index in [1.807, 2.05) is 6.07 Å². The van der Waals surface area contributed by atoms with Gasteiger partial charge in [-0.25, -0.2) is 0 Å². The average molecular weight is 208 g/mol. The lowest BCUT2D eigenvalue weighted by molar-refractivity contribution is -0.126. The minimum absolute atomic E-state index is 0.107. The highest BCUT2D eigenvalue weighted by Gasteiger charge is 2.15. The molecule has 0 unspecified atom stereocenters. The standard InChI is InChI=1S/C12H16O3/c1-4-6-11(10-7-8-14-9-10)15-12(5-2)13-3/h4-5,7-9,11-12H,1-2,6H2,3H3/t11-,12+/m0/s1. The third-order valence-corrected chi connectivity index (χ3v) is 2.02. The molecule has 2 atom stereocenters. The van der Waals surface area contributed by atoms with Crippen LogP contribution in [-0.4, -0.2) is 13.4 Å². The summed E-state index contributed by atoms with van der Waals surface area (Å²) in [5.74, 6) is 0. The quantitative estimate of drug-likeness (QED) is 0.509. The molecule has 1 heterocycles. The van der Waals surface area contributed by atoms with Gasteiger partial charge in [0.2, 0.25) is 0 Å². The average Bonchev–Trinajstić information content (AvgIpc) is 2.77. The van der Waals surface area contributed by atoms with E-state index in [-0.39, 0.29) is 6.10 Å². The maximum atomic E-state index is 5.66. The number of hydrogen-bond donors (Lipinski definition) is 0. The summed E-state index contributed by atoms with van der Waals surface area (Å²) in [7, 11) is 1.58. The zero-order chi connectivity index (χ0) is 11.1. The van der Waals surface area contributed by atoms with E-state index < -0.39 is 6.29 Å². The SMILES string of the molecule is C=CC[C@H](O[C@H](C=C)OC)c1ccoc1. The number of rotatable bonds is 7. The molecule has 0 aliphatic heterocycles. The van der Waals surface area contributed by atoms with Crippen LogP contribution in [0.15, 0.2) is 48.3 Å². The highest BCUT2D eigenvalue weighted by Crippen LogP contribution is 2.24. The van der Waals surface area contributed by atoms with Gasteiger partial charge in [-0.1, -0.05) is 12.7 Å². The van der Waals surface area contributed by atoms with Crippen LogP contribution < -0.4 is 0 Å². The molecule has 0 aliphatic carbocycles. The Balaban J connectivity index is 2.66. The van der Waals surface area contributed by atoms with Gasteiger partial charge in [-0.2, -0.15) is 0 Å². The number of methoxy groups -OCH3 is 1. The molecule has 82 valence electrons. The largest absolute Gasteiger partial charge is 0.472 e. The Morgan fingerprint density at radius 1 is 1.53 bits per heavy atom. The highest BCUT2D eigenvalue weighted by atomic mass is 16.7. The van der Waals surface area contributed by atoms with E-state index in [1.165, 1.54) is 0 Å². The molecule has 1 aromatic heterocycles. The molecule has 0 radical (unpaired) electrons. The van der Waals surface area contributed by atoms with E-state index in [1.54, 1.807) is 31.8 Å². The van der Waals surface area contributed by atoms with Gasteiger partial charge in [-0.05, 0) is 18.6 Å². The Kier molecular flexibility index (Phi) is 4.87. The first-order valence-electron chi connectivity index (χ1n) is 4.75. The van der Waals surface area contributed by atoms with Crippen molar-refractivity contribution in [3.05, 3.63) is 49.5 Å². The van der Waals surface area contributed by atoms with E-state index in [9.17, 15) is 0 Å². The molecule has 3 nitrogen and oxygen atoms in total. The lowest BCUT2D eigenvalue weighted by Gasteiger charge is -2.19. The van der Waals surface area contributed by atoms with E-state index in [0.29, 0.717) is 6.42 Å². The zero-order valence-electron chi connectivity index (χ0n) is 8.89. The molecule has 1 aromatic rings. The van der Waals surface area contributed by atoms with E-state index >= 15 is 0 Å². The summed E-state index contributed by atoms with van der Waals surface area (Å²) in [5, 5.41) is 0. The summed E-state index contributed by atoms with van der Waals surface area (Å²) >= 11 is 0. The van der Waals surface area contributed by atoms with Crippen molar-refractivity contribution >= 4 is 0 Å². The summed E-state index contributed by atoms with van der Waals surface area (Å²) in [6.07, 6.45) is 6.86. The van der Waals surface area contributed by atoms with Crippen LogP contribution in [-0.2, 0) is 9.47 Å². The van der Waals surface area contributed by atoms with Gasteiger partial charge in [0.05, 0.1) is 18.6 Å². The van der Waals surface area contributed by atoms with Gasteiger partial charge in [0.25, 0.3) is 0 Å². The first-order valence-corrected chi connectivity index (χ1v) is 4.75. The fourth-order valence-corrected chi connectivity index (χ4v) is 1.25. The van der Waals surface area contributed by atoms with E-state index in [4.69, 9.17) is 13.9 Å². The molecule has 0 amide bonds. The van der Waals surface area contributed by atoms with Crippen molar-refractivity contribution in [1.82, 2.24) is 0 Å². The van der Waals surface area contributed by atoms with Crippen molar-refractivity contribution in [3.63, 3.8) is 0 Å². The molecular weight excluding hydrogens is 192 g/mol. The van der Waals surface area contributed by atoms with Crippen LogP contribution in [0.3, 0.4) is 0 Å². The van der Waals surface area contributed by atoms with Crippen molar-refractivity contribution < 1.29 is 13.9 Å². The van der Waals surface area contributed by atoms with E-state index in [0.717, 1.165) is 5.56 Å². The first-order chi connectivity index (χ1) is 7.31. The third-order valence-electron chi connectivity index (χ3n) is 2.02. The summed E-state index contributed by atoms with van der Waals surface area (Å²) in [4.78, 5) is 0. The number of furan rings is 1. The molecule has 0 saturated heterocycles. The van der Waals surface area contributed by atoms with Crippen LogP contribution in [0.5, 0.6) is 0 Å². The first kappa shape index (κ1) is 11.8. The van der Waals surface area contributed by atoms with Gasteiger partial charge in [0.15, 0.2) is 6.29 Å². The van der Waals surface area contributed by atoms with Gasteiger partial charge in [0.1, 0.15) is 0 Å². The maximum absolute atomic E-state index is 5.66. The fourth-order valence-electron chi connectivity index (χ4n) is 1.25. The van der Waals surface area contributed by atoms with Gasteiger partial charge in [-0.3, -0.25) is 0 Å². The van der Waals surface area contributed by atoms with Crippen LogP contribution in [0.25, 0.3) is 0 Å². The molecule has 0 N–H and O–H groups in total. The topological polar surface area (TPSA) is 31.6 Å². The summed E-state index contributed by atoms with van der Waals surface area (Å²) in [5.41, 5.74) is 0.971. The molecular formula is C12H16O3. The van der Waals surface area contributed by atoms with Crippen LogP contribution in [0.2, 0.25) is 0 Å². The molecule has 0 aromatic carbocycles. The lowest BCUT2D eigenvalue weighted by Crippen LogP contribution is -2.15. The lowest BCUT2D eigenvalue weighted by atomic mass is 10.1. The minimum atomic E-state index is -0.412. The highest BCUT2D eigenvalue weighted by molar-refractivity contribution is 5.10. The van der Waals surface area contributed by atoms with Crippen molar-refractivity contribution in [2.45, 2.75) is 18.8 Å². The molecule has 0 fully saturated rings. The maximum Gasteiger partial charge on any atom is 0.177 e.